The van der Waals surface area contributed by atoms with Crippen molar-refractivity contribution >= 4 is 31.9 Å². The number of esters is 1. The van der Waals surface area contributed by atoms with E-state index in [0.717, 1.165) is 6.42 Å². The maximum atomic E-state index is 12.7. The van der Waals surface area contributed by atoms with Gasteiger partial charge in [0.25, 0.3) is 0 Å². The van der Waals surface area contributed by atoms with Crippen molar-refractivity contribution in [3.63, 3.8) is 0 Å². The van der Waals surface area contributed by atoms with Crippen molar-refractivity contribution in [2.45, 2.75) is 38.1 Å². The van der Waals surface area contributed by atoms with E-state index in [9.17, 15) is 13.2 Å². The van der Waals surface area contributed by atoms with E-state index in [1.165, 1.54) is 23.5 Å². The number of sulfonamides is 1. The molecule has 1 unspecified atom stereocenters. The minimum atomic E-state index is -3.66. The van der Waals surface area contributed by atoms with Gasteiger partial charge in [-0.1, -0.05) is 13.8 Å². The number of benzene rings is 1. The Bertz CT molecular complexity index is 643. The van der Waals surface area contributed by atoms with E-state index in [0.29, 0.717) is 10.4 Å². The molecule has 0 aliphatic rings. The molecule has 0 spiro atoms. The Morgan fingerprint density at radius 3 is 2.41 bits per heavy atom. The molecular weight excluding hydrogens is 370 g/mol. The molecule has 1 aromatic carbocycles. The second-order valence-corrected chi connectivity index (χ2v) is 8.48. The molecule has 0 bridgehead atoms. The lowest BCUT2D eigenvalue weighted by molar-refractivity contribution is 0.0599. The molecule has 0 aromatic heterocycles. The Kier molecular flexibility index (Phi) is 6.58. The standard InChI is InChI=1S/C15H22BrNO4S/c1-10(2)8-11(3)17(4)22(19,20)12-6-7-14(16)13(9-12)15(18)21-5/h6-7,9-11H,8H2,1-5H3. The predicted molar refractivity (Wildman–Crippen MR) is 89.3 cm³/mol. The van der Waals surface area contributed by atoms with Gasteiger partial charge < -0.3 is 4.74 Å². The van der Waals surface area contributed by atoms with E-state index in [2.05, 4.69) is 20.7 Å². The van der Waals surface area contributed by atoms with Crippen molar-refractivity contribution in [2.24, 2.45) is 5.92 Å². The predicted octanol–water partition coefficient (Wildman–Crippen LogP) is 3.29. The number of carbonyl (C=O) groups is 1. The number of ether oxygens (including phenoxy) is 1. The first-order valence-electron chi connectivity index (χ1n) is 6.97. The van der Waals surface area contributed by atoms with Crippen LogP contribution in [0.1, 0.15) is 37.6 Å². The van der Waals surface area contributed by atoms with Crippen LogP contribution in [-0.2, 0) is 14.8 Å². The molecule has 0 aliphatic heterocycles. The minimum absolute atomic E-state index is 0.0780. The highest BCUT2D eigenvalue weighted by Crippen LogP contribution is 2.25. The first-order chi connectivity index (χ1) is 10.1. The maximum Gasteiger partial charge on any atom is 0.339 e. The smallest absolute Gasteiger partial charge is 0.339 e. The van der Waals surface area contributed by atoms with E-state index in [-0.39, 0.29) is 16.5 Å². The second kappa shape index (κ2) is 7.57. The van der Waals surface area contributed by atoms with Crippen molar-refractivity contribution < 1.29 is 17.9 Å². The molecule has 0 N–H and O–H groups in total. The Hall–Kier alpha value is -0.920. The Morgan fingerprint density at radius 1 is 1.32 bits per heavy atom. The molecule has 1 atom stereocenters. The summed E-state index contributed by atoms with van der Waals surface area (Å²) in [6.07, 6.45) is 0.760. The number of halogens is 1. The molecule has 1 aromatic rings. The molecule has 7 heteroatoms. The molecule has 5 nitrogen and oxygen atoms in total. The summed E-state index contributed by atoms with van der Waals surface area (Å²) in [7, 11) is -0.846. The zero-order valence-corrected chi connectivity index (χ0v) is 15.9. The SMILES string of the molecule is COC(=O)c1cc(S(=O)(=O)N(C)C(C)CC(C)C)ccc1Br. The summed E-state index contributed by atoms with van der Waals surface area (Å²) in [4.78, 5) is 11.8. The molecule has 0 radical (unpaired) electrons. The van der Waals surface area contributed by atoms with Crippen LogP contribution in [0.3, 0.4) is 0 Å². The van der Waals surface area contributed by atoms with Crippen LogP contribution in [0, 0.1) is 5.92 Å². The summed E-state index contributed by atoms with van der Waals surface area (Å²) in [5.41, 5.74) is 0.188. The van der Waals surface area contributed by atoms with Gasteiger partial charge in [-0.25, -0.2) is 13.2 Å². The van der Waals surface area contributed by atoms with Gasteiger partial charge in [0, 0.05) is 17.6 Å². The largest absolute Gasteiger partial charge is 0.465 e. The minimum Gasteiger partial charge on any atom is -0.465 e. The van der Waals surface area contributed by atoms with Crippen LogP contribution in [0.25, 0.3) is 0 Å². The van der Waals surface area contributed by atoms with Crippen molar-refractivity contribution in [2.75, 3.05) is 14.2 Å². The van der Waals surface area contributed by atoms with E-state index >= 15 is 0 Å². The summed E-state index contributed by atoms with van der Waals surface area (Å²) in [6, 6.07) is 4.23. The first-order valence-corrected chi connectivity index (χ1v) is 9.20. The van der Waals surface area contributed by atoms with Crippen LogP contribution in [0.2, 0.25) is 0 Å². The number of hydrogen-bond donors (Lipinski definition) is 0. The van der Waals surface area contributed by atoms with Gasteiger partial charge in [-0.15, -0.1) is 0 Å². The van der Waals surface area contributed by atoms with E-state index in [1.807, 2.05) is 20.8 Å². The molecule has 0 heterocycles. The van der Waals surface area contributed by atoms with Crippen molar-refractivity contribution in [3.8, 4) is 0 Å². The monoisotopic (exact) mass is 391 g/mol. The average molecular weight is 392 g/mol. The maximum absolute atomic E-state index is 12.7. The Morgan fingerprint density at radius 2 is 1.91 bits per heavy atom. The van der Waals surface area contributed by atoms with Gasteiger partial charge in [0.1, 0.15) is 0 Å². The normalized spacial score (nSPS) is 13.5. The highest BCUT2D eigenvalue weighted by Gasteiger charge is 2.27. The molecule has 0 aliphatic carbocycles. The van der Waals surface area contributed by atoms with Gasteiger partial charge in [-0.3, -0.25) is 0 Å². The lowest BCUT2D eigenvalue weighted by atomic mass is 10.1. The van der Waals surface area contributed by atoms with Crippen LogP contribution in [0.5, 0.6) is 0 Å². The highest BCUT2D eigenvalue weighted by atomic mass is 79.9. The molecule has 0 fully saturated rings. The van der Waals surface area contributed by atoms with Gasteiger partial charge in [0.2, 0.25) is 10.0 Å². The molecule has 124 valence electrons. The molecular formula is C15H22BrNO4S. The number of methoxy groups -OCH3 is 1. The van der Waals surface area contributed by atoms with E-state index in [4.69, 9.17) is 0 Å². The van der Waals surface area contributed by atoms with Gasteiger partial charge in [-0.05, 0) is 53.4 Å². The number of carbonyl (C=O) groups excluding carboxylic acids is 1. The number of nitrogens with zero attached hydrogens (tertiary/aromatic N) is 1. The summed E-state index contributed by atoms with van der Waals surface area (Å²) in [5, 5.41) is 0. The third kappa shape index (κ3) is 4.30. The Labute approximate surface area is 140 Å². The van der Waals surface area contributed by atoms with Crippen molar-refractivity contribution in [1.82, 2.24) is 4.31 Å². The lowest BCUT2D eigenvalue weighted by Crippen LogP contribution is -2.36. The fourth-order valence-electron chi connectivity index (χ4n) is 2.17. The number of hydrogen-bond acceptors (Lipinski definition) is 4. The number of rotatable bonds is 6. The van der Waals surface area contributed by atoms with Gasteiger partial charge in [0.15, 0.2) is 0 Å². The summed E-state index contributed by atoms with van der Waals surface area (Å²) < 4.78 is 31.9. The fourth-order valence-corrected chi connectivity index (χ4v) is 3.97. The second-order valence-electron chi connectivity index (χ2n) is 5.63. The third-order valence-corrected chi connectivity index (χ3v) is 6.11. The van der Waals surface area contributed by atoms with Crippen molar-refractivity contribution in [3.05, 3.63) is 28.2 Å². The summed E-state index contributed by atoms with van der Waals surface area (Å²) >= 11 is 3.23. The van der Waals surface area contributed by atoms with Gasteiger partial charge >= 0.3 is 5.97 Å². The van der Waals surface area contributed by atoms with E-state index in [1.54, 1.807) is 13.1 Å². The van der Waals surface area contributed by atoms with Crippen LogP contribution < -0.4 is 0 Å². The zero-order chi connectivity index (χ0) is 17.1. The molecule has 0 saturated carbocycles. The lowest BCUT2D eigenvalue weighted by Gasteiger charge is -2.25. The first kappa shape index (κ1) is 19.1. The summed E-state index contributed by atoms with van der Waals surface area (Å²) in [6.45, 7) is 5.97. The zero-order valence-electron chi connectivity index (χ0n) is 13.5. The molecule has 0 saturated heterocycles. The average Bonchev–Trinajstić information content (AvgIpc) is 2.45. The van der Waals surface area contributed by atoms with E-state index < -0.39 is 16.0 Å². The van der Waals surface area contributed by atoms with Crippen LogP contribution >= 0.6 is 15.9 Å². The van der Waals surface area contributed by atoms with Crippen LogP contribution in [0.15, 0.2) is 27.6 Å². The van der Waals surface area contributed by atoms with Crippen molar-refractivity contribution in [1.29, 1.82) is 0 Å². The summed E-state index contributed by atoms with van der Waals surface area (Å²) in [5.74, 6) is -0.190. The highest BCUT2D eigenvalue weighted by molar-refractivity contribution is 9.10. The van der Waals surface area contributed by atoms with Gasteiger partial charge in [0.05, 0.1) is 17.6 Å². The van der Waals surface area contributed by atoms with Gasteiger partial charge in [-0.2, -0.15) is 4.31 Å². The molecule has 1 rings (SSSR count). The topological polar surface area (TPSA) is 63.7 Å². The van der Waals surface area contributed by atoms with Crippen LogP contribution in [-0.4, -0.2) is 38.9 Å². The molecule has 22 heavy (non-hydrogen) atoms. The quantitative estimate of drug-likeness (QED) is 0.697. The molecule has 0 amide bonds. The van der Waals surface area contributed by atoms with Crippen LogP contribution in [0.4, 0.5) is 0 Å². The Balaban J connectivity index is 3.20. The fraction of sp³-hybridized carbons (Fsp3) is 0.533. The third-order valence-electron chi connectivity index (χ3n) is 3.45.